The molecule has 1 aromatic carbocycles. The molecule has 0 bridgehead atoms. The number of esters is 1. The van der Waals surface area contributed by atoms with Gasteiger partial charge in [-0.15, -0.1) is 11.3 Å². The highest BCUT2D eigenvalue weighted by Gasteiger charge is 2.34. The number of fused-ring (bicyclic) bond motifs is 1. The van der Waals surface area contributed by atoms with Crippen LogP contribution in [0, 0.1) is 5.92 Å². The number of hydrogen-bond donors (Lipinski definition) is 1. The van der Waals surface area contributed by atoms with Crippen LogP contribution < -0.4 is 5.32 Å². The van der Waals surface area contributed by atoms with Crippen LogP contribution in [0.1, 0.15) is 58.5 Å². The van der Waals surface area contributed by atoms with Gasteiger partial charge in [0.25, 0.3) is 0 Å². The minimum Gasteiger partial charge on any atom is -0.462 e. The van der Waals surface area contributed by atoms with E-state index in [4.69, 9.17) is 4.74 Å². The summed E-state index contributed by atoms with van der Waals surface area (Å²) in [7, 11) is 0. The van der Waals surface area contributed by atoms with E-state index in [0.717, 1.165) is 37.7 Å². The van der Waals surface area contributed by atoms with Crippen molar-refractivity contribution in [1.29, 1.82) is 0 Å². The van der Waals surface area contributed by atoms with Crippen LogP contribution in [0.2, 0.25) is 0 Å². The Morgan fingerprint density at radius 2 is 1.96 bits per heavy atom. The lowest BCUT2D eigenvalue weighted by molar-refractivity contribution is -0.117. The first-order chi connectivity index (χ1) is 12.7. The zero-order chi connectivity index (χ0) is 18.1. The summed E-state index contributed by atoms with van der Waals surface area (Å²) >= 11 is 1.56. The van der Waals surface area contributed by atoms with Crippen LogP contribution in [0.5, 0.6) is 0 Å². The van der Waals surface area contributed by atoms with Crippen LogP contribution in [-0.4, -0.2) is 18.5 Å². The summed E-state index contributed by atoms with van der Waals surface area (Å²) in [6.45, 7) is 2.15. The first kappa shape index (κ1) is 17.3. The number of nitrogens with one attached hydrogen (secondary N) is 1. The molecule has 1 aromatic heterocycles. The van der Waals surface area contributed by atoms with Gasteiger partial charge in [0.1, 0.15) is 5.00 Å². The van der Waals surface area contributed by atoms with Crippen molar-refractivity contribution in [2.75, 3.05) is 11.9 Å². The molecule has 2 aromatic rings. The number of benzene rings is 1. The van der Waals surface area contributed by atoms with Crippen molar-refractivity contribution in [3.63, 3.8) is 0 Å². The summed E-state index contributed by atoms with van der Waals surface area (Å²) in [4.78, 5) is 26.0. The van der Waals surface area contributed by atoms with Gasteiger partial charge in [-0.2, -0.15) is 0 Å². The molecule has 1 saturated carbocycles. The van der Waals surface area contributed by atoms with E-state index in [9.17, 15) is 9.59 Å². The predicted octanol–water partition coefficient (Wildman–Crippen LogP) is 4.55. The van der Waals surface area contributed by atoms with Crippen molar-refractivity contribution in [3.05, 3.63) is 51.9 Å². The van der Waals surface area contributed by atoms with Crippen LogP contribution >= 0.6 is 11.3 Å². The van der Waals surface area contributed by atoms with E-state index in [1.54, 1.807) is 11.3 Å². The molecule has 0 saturated heterocycles. The van der Waals surface area contributed by atoms with Crippen molar-refractivity contribution in [2.24, 2.45) is 5.92 Å². The Bertz CT molecular complexity index is 823. The molecule has 1 unspecified atom stereocenters. The van der Waals surface area contributed by atoms with E-state index in [-0.39, 0.29) is 17.8 Å². The normalized spacial score (nSPS) is 18.9. The Morgan fingerprint density at radius 1 is 1.19 bits per heavy atom. The maximum Gasteiger partial charge on any atom is 0.341 e. The molecule has 1 amide bonds. The molecule has 2 aliphatic carbocycles. The van der Waals surface area contributed by atoms with Gasteiger partial charge in [-0.1, -0.05) is 30.3 Å². The van der Waals surface area contributed by atoms with E-state index >= 15 is 0 Å². The predicted molar refractivity (Wildman–Crippen MR) is 103 cm³/mol. The van der Waals surface area contributed by atoms with Crippen LogP contribution in [0.25, 0.3) is 0 Å². The van der Waals surface area contributed by atoms with Gasteiger partial charge < -0.3 is 10.1 Å². The average molecular weight is 369 g/mol. The van der Waals surface area contributed by atoms with E-state index < -0.39 is 0 Å². The third kappa shape index (κ3) is 3.40. The molecule has 1 atom stereocenters. The van der Waals surface area contributed by atoms with E-state index in [1.165, 1.54) is 10.4 Å². The number of thiophene rings is 1. The quantitative estimate of drug-likeness (QED) is 0.787. The van der Waals surface area contributed by atoms with Gasteiger partial charge in [0, 0.05) is 10.8 Å². The Kier molecular flexibility index (Phi) is 4.81. The van der Waals surface area contributed by atoms with Gasteiger partial charge >= 0.3 is 5.97 Å². The van der Waals surface area contributed by atoms with Crippen molar-refractivity contribution in [2.45, 2.75) is 44.9 Å². The number of rotatable bonds is 5. The van der Waals surface area contributed by atoms with Crippen molar-refractivity contribution < 1.29 is 14.3 Å². The standard InChI is InChI=1S/C21H23NO3S/c1-2-25-21(24)18-16-11-10-15(13-6-4-3-5-7-13)12-17(16)26-20(18)22-19(23)14-8-9-14/h3-7,14-15H,2,8-12H2,1H3,(H,22,23). The fraction of sp³-hybridized carbons (Fsp3) is 0.429. The van der Waals surface area contributed by atoms with Crippen LogP contribution in [0.4, 0.5) is 5.00 Å². The van der Waals surface area contributed by atoms with Gasteiger partial charge in [0.05, 0.1) is 12.2 Å². The third-order valence-corrected chi connectivity index (χ3v) is 6.37. The van der Waals surface area contributed by atoms with E-state index in [1.807, 2.05) is 13.0 Å². The molecule has 5 heteroatoms. The zero-order valence-corrected chi connectivity index (χ0v) is 15.7. The summed E-state index contributed by atoms with van der Waals surface area (Å²) in [5.41, 5.74) is 3.01. The smallest absolute Gasteiger partial charge is 0.341 e. The molecule has 136 valence electrons. The summed E-state index contributed by atoms with van der Waals surface area (Å²) in [6, 6.07) is 10.5. The molecule has 0 radical (unpaired) electrons. The van der Waals surface area contributed by atoms with Gasteiger partial charge in [-0.3, -0.25) is 4.79 Å². The zero-order valence-electron chi connectivity index (χ0n) is 14.9. The van der Waals surface area contributed by atoms with Crippen LogP contribution in [0.15, 0.2) is 30.3 Å². The highest BCUT2D eigenvalue weighted by molar-refractivity contribution is 7.17. The second kappa shape index (κ2) is 7.23. The van der Waals surface area contributed by atoms with Crippen molar-refractivity contribution >= 4 is 28.2 Å². The lowest BCUT2D eigenvalue weighted by atomic mass is 9.83. The van der Waals surface area contributed by atoms with Gasteiger partial charge in [0.15, 0.2) is 0 Å². The number of carbonyl (C=O) groups excluding carboxylic acids is 2. The molecular formula is C21H23NO3S. The Balaban J connectivity index is 1.64. The van der Waals surface area contributed by atoms with Crippen LogP contribution in [0.3, 0.4) is 0 Å². The molecule has 4 rings (SSSR count). The van der Waals surface area contributed by atoms with Gasteiger partial charge in [-0.05, 0) is 56.1 Å². The van der Waals surface area contributed by atoms with Crippen molar-refractivity contribution in [3.8, 4) is 0 Å². The first-order valence-electron chi connectivity index (χ1n) is 9.34. The number of carbonyl (C=O) groups is 2. The number of ether oxygens (including phenoxy) is 1. The van der Waals surface area contributed by atoms with E-state index in [2.05, 4.69) is 29.6 Å². The summed E-state index contributed by atoms with van der Waals surface area (Å²) < 4.78 is 5.28. The second-order valence-corrected chi connectivity index (χ2v) is 8.15. The lowest BCUT2D eigenvalue weighted by Crippen LogP contribution is -2.17. The molecule has 4 nitrogen and oxygen atoms in total. The highest BCUT2D eigenvalue weighted by atomic mass is 32.1. The van der Waals surface area contributed by atoms with Gasteiger partial charge in [0.2, 0.25) is 5.91 Å². The molecular weight excluding hydrogens is 346 g/mol. The number of amides is 1. The van der Waals surface area contributed by atoms with Gasteiger partial charge in [-0.25, -0.2) is 4.79 Å². The average Bonchev–Trinajstić information content (AvgIpc) is 3.44. The number of anilines is 1. The topological polar surface area (TPSA) is 55.4 Å². The summed E-state index contributed by atoms with van der Waals surface area (Å²) in [5.74, 6) is 0.300. The highest BCUT2D eigenvalue weighted by Crippen LogP contribution is 2.43. The van der Waals surface area contributed by atoms with E-state index in [0.29, 0.717) is 23.1 Å². The van der Waals surface area contributed by atoms with Crippen LogP contribution in [-0.2, 0) is 22.4 Å². The third-order valence-electron chi connectivity index (χ3n) is 5.20. The summed E-state index contributed by atoms with van der Waals surface area (Å²) in [6.07, 6.45) is 4.66. The molecule has 0 spiro atoms. The molecule has 2 aliphatic rings. The molecule has 26 heavy (non-hydrogen) atoms. The molecule has 1 heterocycles. The second-order valence-electron chi connectivity index (χ2n) is 7.04. The Labute approximate surface area is 157 Å². The monoisotopic (exact) mass is 369 g/mol. The SMILES string of the molecule is CCOC(=O)c1c(NC(=O)C2CC2)sc2c1CCC(c1ccccc1)C2. The molecule has 1 N–H and O–H groups in total. The minimum absolute atomic E-state index is 0.0359. The Morgan fingerprint density at radius 3 is 2.65 bits per heavy atom. The minimum atomic E-state index is -0.311. The maximum absolute atomic E-state index is 12.6. The fourth-order valence-electron chi connectivity index (χ4n) is 3.66. The largest absolute Gasteiger partial charge is 0.462 e. The summed E-state index contributed by atoms with van der Waals surface area (Å²) in [5, 5.41) is 3.68. The molecule has 0 aliphatic heterocycles. The van der Waals surface area contributed by atoms with Crippen molar-refractivity contribution in [1.82, 2.24) is 0 Å². The lowest BCUT2D eigenvalue weighted by Gasteiger charge is -2.23. The fourth-order valence-corrected chi connectivity index (χ4v) is 4.98. The first-order valence-corrected chi connectivity index (χ1v) is 10.2. The Hall–Kier alpha value is -2.14. The number of hydrogen-bond acceptors (Lipinski definition) is 4. The molecule has 1 fully saturated rings. The maximum atomic E-state index is 12.6.